The van der Waals surface area contributed by atoms with Gasteiger partial charge in [-0.2, -0.15) is 4.31 Å². The largest absolute Gasteiger partial charge is 0.507 e. The number of fused-ring (bicyclic) bond motifs is 1. The number of phenols is 1. The van der Waals surface area contributed by atoms with E-state index in [1.165, 1.54) is 25.5 Å². The van der Waals surface area contributed by atoms with Gasteiger partial charge in [0, 0.05) is 64.0 Å². The Morgan fingerprint density at radius 2 is 1.55 bits per heavy atom. The Kier molecular flexibility index (Phi) is 11.6. The molecule has 49 heavy (non-hydrogen) atoms. The Labute approximate surface area is 308 Å². The number of carbonyl (C=O) groups is 3. The molecule has 0 saturated carbocycles. The van der Waals surface area contributed by atoms with Gasteiger partial charge in [-0.05, 0) is 102 Å². The molecular formula is C34H43BrIN5O7S. The molecular weight excluding hydrogens is 829 g/mol. The van der Waals surface area contributed by atoms with Crippen molar-refractivity contribution >= 4 is 68.0 Å². The molecule has 266 valence electrons. The lowest BCUT2D eigenvalue weighted by Gasteiger charge is -2.40. The fourth-order valence-electron chi connectivity index (χ4n) is 7.73. The second kappa shape index (κ2) is 15.7. The third-order valence-electron chi connectivity index (χ3n) is 10.6. The van der Waals surface area contributed by atoms with Gasteiger partial charge in [-0.15, -0.1) is 0 Å². The number of hydrogen-bond donors (Lipinski definition) is 2. The number of ether oxygens (including phenoxy) is 1. The van der Waals surface area contributed by atoms with Gasteiger partial charge in [0.05, 0.1) is 25.7 Å². The van der Waals surface area contributed by atoms with E-state index in [4.69, 9.17) is 4.74 Å². The average Bonchev–Trinajstić information content (AvgIpc) is 3.27. The highest BCUT2D eigenvalue weighted by Gasteiger charge is 2.37. The van der Waals surface area contributed by atoms with E-state index in [-0.39, 0.29) is 30.2 Å². The Morgan fingerprint density at radius 1 is 0.918 bits per heavy atom. The standard InChI is InChI=1S/C34H43BrIN5O7S/c35-28-21-23(5-6-30(28)42)22-31(32(43)38-14-7-24(8-15-38)25-9-18-40(19-10-25)49(36,46)47)48-34(45)39-16-12-27(13-17-39)41-20-11-26-3-1-2-4-29(26)37-33(41)44/h1-6,21,24-25,27,31,42H,7-20,22H2,(H,37,44)/t31-/m1/s1. The maximum atomic E-state index is 14.0. The Hall–Kier alpha value is -2.63. The first kappa shape index (κ1) is 36.2. The second-order valence-electron chi connectivity index (χ2n) is 13.5. The van der Waals surface area contributed by atoms with Crippen LogP contribution in [0.3, 0.4) is 0 Å². The number of nitrogens with one attached hydrogen (secondary N) is 1. The summed E-state index contributed by atoms with van der Waals surface area (Å²) in [7, 11) is -3.21. The van der Waals surface area contributed by atoms with Crippen LogP contribution < -0.4 is 5.32 Å². The van der Waals surface area contributed by atoms with Crippen LogP contribution in [-0.2, 0) is 29.6 Å². The van der Waals surface area contributed by atoms with Crippen LogP contribution in [-0.4, -0.2) is 109 Å². The number of nitrogens with zero attached hydrogens (tertiary/aromatic N) is 4. The van der Waals surface area contributed by atoms with Crippen molar-refractivity contribution in [2.75, 3.05) is 51.1 Å². The normalized spacial score (nSPS) is 21.1. The van der Waals surface area contributed by atoms with E-state index in [1.807, 2.05) is 29.2 Å². The zero-order valence-electron chi connectivity index (χ0n) is 27.3. The summed E-state index contributed by atoms with van der Waals surface area (Å²) in [5.41, 5.74) is 2.69. The lowest BCUT2D eigenvalue weighted by Crippen LogP contribution is -2.52. The lowest BCUT2D eigenvalue weighted by molar-refractivity contribution is -0.142. The highest BCUT2D eigenvalue weighted by atomic mass is 127. The van der Waals surface area contributed by atoms with Crippen molar-refractivity contribution in [3.8, 4) is 5.75 Å². The molecule has 2 aromatic rings. The first-order valence-corrected chi connectivity index (χ1v) is 21.8. The van der Waals surface area contributed by atoms with E-state index in [0.29, 0.717) is 75.0 Å². The number of benzene rings is 2. The third-order valence-corrected chi connectivity index (χ3v) is 13.9. The minimum atomic E-state index is -3.21. The minimum Gasteiger partial charge on any atom is -0.507 e. The number of urea groups is 1. The molecule has 0 spiro atoms. The molecule has 2 N–H and O–H groups in total. The molecule has 0 bridgehead atoms. The Balaban J connectivity index is 1.06. The van der Waals surface area contributed by atoms with E-state index < -0.39 is 19.4 Å². The highest BCUT2D eigenvalue weighted by Crippen LogP contribution is 2.34. The summed E-state index contributed by atoms with van der Waals surface area (Å²) in [6.45, 7) is 3.60. The Bertz CT molecular complexity index is 1640. The highest BCUT2D eigenvalue weighted by molar-refractivity contribution is 14.2. The molecule has 4 aliphatic heterocycles. The summed E-state index contributed by atoms with van der Waals surface area (Å²) >= 11 is 4.85. The molecule has 0 aromatic heterocycles. The van der Waals surface area contributed by atoms with Crippen molar-refractivity contribution in [3.05, 3.63) is 58.1 Å². The number of anilines is 1. The topological polar surface area (TPSA) is 140 Å². The van der Waals surface area contributed by atoms with Crippen molar-refractivity contribution in [3.63, 3.8) is 0 Å². The summed E-state index contributed by atoms with van der Waals surface area (Å²) in [5.74, 6) is 0.683. The number of amides is 4. The van der Waals surface area contributed by atoms with Gasteiger partial charge < -0.3 is 29.9 Å². The van der Waals surface area contributed by atoms with Crippen molar-refractivity contribution in [2.45, 2.75) is 63.5 Å². The molecule has 3 fully saturated rings. The van der Waals surface area contributed by atoms with Gasteiger partial charge in [0.2, 0.25) is 0 Å². The molecule has 3 saturated heterocycles. The number of para-hydroxylation sites is 1. The van der Waals surface area contributed by atoms with Crippen LogP contribution in [0.1, 0.15) is 49.7 Å². The molecule has 4 amide bonds. The van der Waals surface area contributed by atoms with Gasteiger partial charge in [-0.1, -0.05) is 24.3 Å². The van der Waals surface area contributed by atoms with Crippen molar-refractivity contribution in [1.82, 2.24) is 19.0 Å². The monoisotopic (exact) mass is 871 g/mol. The molecule has 4 aliphatic rings. The van der Waals surface area contributed by atoms with E-state index in [9.17, 15) is 27.9 Å². The predicted molar refractivity (Wildman–Crippen MR) is 197 cm³/mol. The van der Waals surface area contributed by atoms with Crippen LogP contribution in [0, 0.1) is 11.8 Å². The lowest BCUT2D eigenvalue weighted by atomic mass is 9.79. The van der Waals surface area contributed by atoms with E-state index in [2.05, 4.69) is 21.2 Å². The van der Waals surface area contributed by atoms with Crippen LogP contribution in [0.25, 0.3) is 0 Å². The predicted octanol–water partition coefficient (Wildman–Crippen LogP) is 5.39. The number of rotatable bonds is 7. The summed E-state index contributed by atoms with van der Waals surface area (Å²) in [5, 5.41) is 13.0. The molecule has 15 heteroatoms. The number of hydrogen-bond acceptors (Lipinski definition) is 7. The zero-order valence-corrected chi connectivity index (χ0v) is 31.9. The fourth-order valence-corrected chi connectivity index (χ4v) is 9.98. The number of halogens is 2. The molecule has 1 atom stereocenters. The molecule has 4 heterocycles. The quantitative estimate of drug-likeness (QED) is 0.281. The van der Waals surface area contributed by atoms with Crippen LogP contribution in [0.2, 0.25) is 0 Å². The van der Waals surface area contributed by atoms with E-state index in [1.54, 1.807) is 28.0 Å². The maximum Gasteiger partial charge on any atom is 0.410 e. The molecule has 12 nitrogen and oxygen atoms in total. The fraction of sp³-hybridized carbons (Fsp3) is 0.559. The van der Waals surface area contributed by atoms with Gasteiger partial charge >= 0.3 is 12.1 Å². The van der Waals surface area contributed by atoms with Crippen molar-refractivity contribution in [2.24, 2.45) is 11.8 Å². The molecule has 0 unspecified atom stereocenters. The molecule has 0 aliphatic carbocycles. The van der Waals surface area contributed by atoms with E-state index >= 15 is 0 Å². The number of aromatic hydroxyl groups is 1. The van der Waals surface area contributed by atoms with Gasteiger partial charge in [-0.25, -0.2) is 18.0 Å². The SMILES string of the molecule is O=C(O[C@H](Cc1ccc(O)c(Br)c1)C(=O)N1CCC(C2CCN(S(=O)(=O)I)CC2)CC1)N1CCC(N2CCc3ccccc3NC2=O)CC1. The minimum absolute atomic E-state index is 0.00959. The number of likely N-dealkylation sites (tertiary alicyclic amines) is 2. The summed E-state index contributed by atoms with van der Waals surface area (Å²) in [6, 6.07) is 12.7. The van der Waals surface area contributed by atoms with Crippen LogP contribution >= 0.6 is 37.1 Å². The first-order chi connectivity index (χ1) is 23.5. The van der Waals surface area contributed by atoms with E-state index in [0.717, 1.165) is 48.9 Å². The molecule has 0 radical (unpaired) electrons. The van der Waals surface area contributed by atoms with Crippen molar-refractivity contribution in [1.29, 1.82) is 0 Å². The summed E-state index contributed by atoms with van der Waals surface area (Å²) in [4.78, 5) is 45.9. The van der Waals surface area contributed by atoms with Crippen molar-refractivity contribution < 1.29 is 32.6 Å². The van der Waals surface area contributed by atoms with Gasteiger partial charge in [0.1, 0.15) is 5.75 Å². The number of carbonyl (C=O) groups excluding carboxylic acids is 3. The second-order valence-corrected chi connectivity index (χ2v) is 19.0. The van der Waals surface area contributed by atoms with Crippen LogP contribution in [0.15, 0.2) is 46.9 Å². The first-order valence-electron chi connectivity index (χ1n) is 17.0. The van der Waals surface area contributed by atoms with Crippen LogP contribution in [0.4, 0.5) is 15.3 Å². The molecule has 6 rings (SSSR count). The number of piperidine rings is 3. The zero-order chi connectivity index (χ0) is 34.7. The van der Waals surface area contributed by atoms with Crippen LogP contribution in [0.5, 0.6) is 5.75 Å². The van der Waals surface area contributed by atoms with Gasteiger partial charge in [-0.3, -0.25) is 4.79 Å². The summed E-state index contributed by atoms with van der Waals surface area (Å²) in [6.07, 6.45) is 3.85. The molecule has 2 aromatic carbocycles. The third kappa shape index (κ3) is 8.82. The number of phenolic OH excluding ortho intramolecular Hbond substituents is 1. The van der Waals surface area contributed by atoms with Gasteiger partial charge in [0.15, 0.2) is 6.10 Å². The van der Waals surface area contributed by atoms with Gasteiger partial charge in [0.25, 0.3) is 13.1 Å². The smallest absolute Gasteiger partial charge is 0.410 e. The summed E-state index contributed by atoms with van der Waals surface area (Å²) < 4.78 is 31.9. The average molecular weight is 873 g/mol. The maximum absolute atomic E-state index is 14.0. The Morgan fingerprint density at radius 3 is 2.20 bits per heavy atom.